The first-order chi connectivity index (χ1) is 11.6. The number of rotatable bonds is 4. The molecule has 0 bridgehead atoms. The van der Waals surface area contributed by atoms with Crippen molar-refractivity contribution in [1.82, 2.24) is 10.6 Å². The van der Waals surface area contributed by atoms with E-state index in [1.807, 2.05) is 0 Å². The Morgan fingerprint density at radius 2 is 1.88 bits per heavy atom. The molecule has 0 radical (unpaired) electrons. The second kappa shape index (κ2) is 7.42. The highest BCUT2D eigenvalue weighted by atomic mass is 19.1. The molecule has 138 valence electrons. The highest BCUT2D eigenvalue weighted by molar-refractivity contribution is 5.94. The van der Waals surface area contributed by atoms with Crippen LogP contribution >= 0.6 is 0 Å². The van der Waals surface area contributed by atoms with Crippen molar-refractivity contribution in [2.24, 2.45) is 0 Å². The summed E-state index contributed by atoms with van der Waals surface area (Å²) in [5.41, 5.74) is -0.310. The molecule has 0 aliphatic heterocycles. The first-order valence-electron chi connectivity index (χ1n) is 8.66. The van der Waals surface area contributed by atoms with Crippen LogP contribution in [0, 0.1) is 12.7 Å². The van der Waals surface area contributed by atoms with Gasteiger partial charge in [-0.15, -0.1) is 0 Å². The van der Waals surface area contributed by atoms with E-state index in [1.54, 1.807) is 39.8 Å². The zero-order valence-electron chi connectivity index (χ0n) is 15.4. The lowest BCUT2D eigenvalue weighted by atomic mass is 9.96. The summed E-state index contributed by atoms with van der Waals surface area (Å²) in [6, 6.07) is 4.44. The minimum atomic E-state index is -0.574. The number of carbonyl (C=O) groups is 2. The number of halogens is 1. The van der Waals surface area contributed by atoms with E-state index < -0.39 is 23.1 Å². The fraction of sp³-hybridized carbons (Fsp3) is 0.579. The van der Waals surface area contributed by atoms with Gasteiger partial charge in [-0.25, -0.2) is 9.18 Å². The van der Waals surface area contributed by atoms with Gasteiger partial charge in [0.2, 0.25) is 0 Å². The van der Waals surface area contributed by atoms with Gasteiger partial charge in [0.05, 0.1) is 5.54 Å². The monoisotopic (exact) mass is 350 g/mol. The summed E-state index contributed by atoms with van der Waals surface area (Å²) < 4.78 is 19.0. The van der Waals surface area contributed by atoms with Gasteiger partial charge in [0, 0.05) is 12.1 Å². The summed E-state index contributed by atoms with van der Waals surface area (Å²) >= 11 is 0. The third kappa shape index (κ3) is 5.44. The lowest BCUT2D eigenvalue weighted by molar-refractivity contribution is 0.0505. The summed E-state index contributed by atoms with van der Waals surface area (Å²) in [6.45, 7) is 7.34. The minimum absolute atomic E-state index is 0.284. The first kappa shape index (κ1) is 19.2. The van der Waals surface area contributed by atoms with E-state index in [0.717, 1.165) is 25.7 Å². The fourth-order valence-electron chi connectivity index (χ4n) is 3.00. The summed E-state index contributed by atoms with van der Waals surface area (Å²) in [6.07, 6.45) is 2.97. The van der Waals surface area contributed by atoms with Gasteiger partial charge in [0.1, 0.15) is 11.4 Å². The Hall–Kier alpha value is -2.11. The Kier molecular flexibility index (Phi) is 5.70. The lowest BCUT2D eigenvalue weighted by Gasteiger charge is -2.31. The summed E-state index contributed by atoms with van der Waals surface area (Å²) in [5, 5.41) is 5.75. The van der Waals surface area contributed by atoms with Crippen LogP contribution in [0.4, 0.5) is 9.18 Å². The van der Waals surface area contributed by atoms with Gasteiger partial charge in [-0.1, -0.05) is 18.9 Å². The average molecular weight is 350 g/mol. The number of amides is 2. The van der Waals surface area contributed by atoms with E-state index in [1.165, 1.54) is 6.07 Å². The lowest BCUT2D eigenvalue weighted by Crippen LogP contribution is -2.54. The van der Waals surface area contributed by atoms with Crippen LogP contribution in [0.15, 0.2) is 18.2 Å². The molecular formula is C19H27FN2O3. The van der Waals surface area contributed by atoms with Crippen LogP contribution < -0.4 is 10.6 Å². The van der Waals surface area contributed by atoms with Crippen LogP contribution in [0.3, 0.4) is 0 Å². The van der Waals surface area contributed by atoms with E-state index in [-0.39, 0.29) is 11.5 Å². The van der Waals surface area contributed by atoms with Crippen LogP contribution in [0.2, 0.25) is 0 Å². The quantitative estimate of drug-likeness (QED) is 0.870. The molecule has 5 nitrogen and oxygen atoms in total. The molecule has 0 unspecified atom stereocenters. The van der Waals surface area contributed by atoms with Crippen molar-refractivity contribution in [3.8, 4) is 0 Å². The molecule has 2 N–H and O–H groups in total. The van der Waals surface area contributed by atoms with Crippen molar-refractivity contribution < 1.29 is 18.7 Å². The predicted molar refractivity (Wildman–Crippen MR) is 94.0 cm³/mol. The first-order valence-corrected chi connectivity index (χ1v) is 8.66. The summed E-state index contributed by atoms with van der Waals surface area (Å²) in [5.74, 6) is -0.730. The Morgan fingerprint density at radius 3 is 2.44 bits per heavy atom. The van der Waals surface area contributed by atoms with E-state index in [9.17, 15) is 14.0 Å². The minimum Gasteiger partial charge on any atom is -0.444 e. The van der Waals surface area contributed by atoms with Crippen molar-refractivity contribution in [1.29, 1.82) is 0 Å². The molecule has 1 aliphatic rings. The van der Waals surface area contributed by atoms with Gasteiger partial charge in [-0.2, -0.15) is 0 Å². The van der Waals surface area contributed by atoms with Gasteiger partial charge in [-0.3, -0.25) is 4.79 Å². The summed E-state index contributed by atoms with van der Waals surface area (Å²) in [7, 11) is 0. The van der Waals surface area contributed by atoms with E-state index in [0.29, 0.717) is 12.1 Å². The zero-order chi connectivity index (χ0) is 18.7. The van der Waals surface area contributed by atoms with Crippen LogP contribution in [-0.2, 0) is 4.74 Å². The van der Waals surface area contributed by atoms with Gasteiger partial charge in [0.15, 0.2) is 0 Å². The highest BCUT2D eigenvalue weighted by Crippen LogP contribution is 2.29. The third-order valence-electron chi connectivity index (χ3n) is 4.34. The van der Waals surface area contributed by atoms with Crippen molar-refractivity contribution in [3.05, 3.63) is 35.1 Å². The molecule has 0 saturated heterocycles. The largest absolute Gasteiger partial charge is 0.444 e. The molecule has 1 aromatic carbocycles. The second-order valence-electron chi connectivity index (χ2n) is 7.76. The van der Waals surface area contributed by atoms with Crippen molar-refractivity contribution >= 4 is 12.0 Å². The van der Waals surface area contributed by atoms with Gasteiger partial charge in [-0.05, 0) is 58.2 Å². The molecule has 2 rings (SSSR count). The molecule has 0 spiro atoms. The maximum atomic E-state index is 13.7. The Bertz CT molecular complexity index is 647. The number of ether oxygens (including phenoxy) is 1. The number of carbonyl (C=O) groups excluding carboxylic acids is 2. The molecule has 6 heteroatoms. The molecule has 1 fully saturated rings. The highest BCUT2D eigenvalue weighted by Gasteiger charge is 2.36. The molecule has 1 aromatic rings. The smallest absolute Gasteiger partial charge is 0.407 e. The van der Waals surface area contributed by atoms with Gasteiger partial charge >= 0.3 is 6.09 Å². The van der Waals surface area contributed by atoms with E-state index >= 15 is 0 Å². The van der Waals surface area contributed by atoms with Gasteiger partial charge in [0.25, 0.3) is 5.91 Å². The van der Waals surface area contributed by atoms with Crippen molar-refractivity contribution in [2.75, 3.05) is 6.54 Å². The number of aryl methyl sites for hydroxylation is 1. The maximum absolute atomic E-state index is 13.7. The standard InChI is InChI=1S/C19H27FN2O3/c1-13-7-8-14(11-15(13)20)16(23)22-19(9-5-6-10-19)12-21-17(24)25-18(2,3)4/h7-8,11H,5-6,9-10,12H2,1-4H3,(H,21,24)(H,22,23). The molecule has 0 heterocycles. The average Bonchev–Trinajstić information content (AvgIpc) is 2.95. The predicted octanol–water partition coefficient (Wildman–Crippen LogP) is 3.70. The van der Waals surface area contributed by atoms with Crippen LogP contribution in [-0.4, -0.2) is 29.7 Å². The molecule has 1 aliphatic carbocycles. The number of hydrogen-bond acceptors (Lipinski definition) is 3. The van der Waals surface area contributed by atoms with Crippen LogP contribution in [0.25, 0.3) is 0 Å². The molecular weight excluding hydrogens is 323 g/mol. The van der Waals surface area contributed by atoms with Gasteiger partial charge < -0.3 is 15.4 Å². The molecule has 0 aromatic heterocycles. The second-order valence-corrected chi connectivity index (χ2v) is 7.76. The SMILES string of the molecule is Cc1ccc(C(=O)NC2(CNC(=O)OC(C)(C)C)CCCC2)cc1F. The van der Waals surface area contributed by atoms with Crippen LogP contribution in [0.5, 0.6) is 0 Å². The van der Waals surface area contributed by atoms with Crippen LogP contribution in [0.1, 0.15) is 62.4 Å². The zero-order valence-corrected chi connectivity index (χ0v) is 15.4. The fourth-order valence-corrected chi connectivity index (χ4v) is 3.00. The normalized spacial score (nSPS) is 16.4. The number of alkyl carbamates (subject to hydrolysis) is 1. The number of nitrogens with one attached hydrogen (secondary N) is 2. The van der Waals surface area contributed by atoms with E-state index in [2.05, 4.69) is 10.6 Å². The maximum Gasteiger partial charge on any atom is 0.407 e. The molecule has 1 saturated carbocycles. The number of benzene rings is 1. The van der Waals surface area contributed by atoms with Crippen molar-refractivity contribution in [2.45, 2.75) is 64.5 Å². The molecule has 0 atom stereocenters. The third-order valence-corrected chi connectivity index (χ3v) is 4.34. The Labute approximate surface area is 148 Å². The summed E-state index contributed by atoms with van der Waals surface area (Å²) in [4.78, 5) is 24.4. The Balaban J connectivity index is 2.03. The molecule has 2 amide bonds. The van der Waals surface area contributed by atoms with E-state index in [4.69, 9.17) is 4.74 Å². The topological polar surface area (TPSA) is 67.4 Å². The Morgan fingerprint density at radius 1 is 1.24 bits per heavy atom. The number of hydrogen-bond donors (Lipinski definition) is 2. The van der Waals surface area contributed by atoms with Crippen molar-refractivity contribution in [3.63, 3.8) is 0 Å². The molecule has 25 heavy (non-hydrogen) atoms.